The van der Waals surface area contributed by atoms with E-state index < -0.39 is 0 Å². The summed E-state index contributed by atoms with van der Waals surface area (Å²) in [5, 5.41) is 13.8. The van der Waals surface area contributed by atoms with Crippen LogP contribution in [0.4, 0.5) is 0 Å². The second kappa shape index (κ2) is 2.59. The van der Waals surface area contributed by atoms with Crippen molar-refractivity contribution in [3.05, 3.63) is 11.7 Å². The molecule has 2 heterocycles. The molecule has 3 rings (SSSR count). The van der Waals surface area contributed by atoms with Gasteiger partial charge in [0, 0.05) is 11.4 Å². The Kier molecular flexibility index (Phi) is 1.42. The summed E-state index contributed by atoms with van der Waals surface area (Å²) in [7, 11) is 0. The van der Waals surface area contributed by atoms with Crippen molar-refractivity contribution in [3.8, 4) is 11.5 Å². The minimum Gasteiger partial charge on any atom is -0.309 e. The van der Waals surface area contributed by atoms with Crippen molar-refractivity contribution in [1.29, 1.82) is 0 Å². The summed E-state index contributed by atoms with van der Waals surface area (Å²) in [6.07, 6.45) is 4.22. The Balaban J connectivity index is 2.08. The third kappa shape index (κ3) is 1.14. The Bertz CT molecular complexity index is 402. The van der Waals surface area contributed by atoms with E-state index in [-0.39, 0.29) is 0 Å². The van der Waals surface area contributed by atoms with Crippen LogP contribution < -0.4 is 0 Å². The van der Waals surface area contributed by atoms with Crippen molar-refractivity contribution < 1.29 is 0 Å². The van der Waals surface area contributed by atoms with Crippen molar-refractivity contribution in [2.45, 2.75) is 18.9 Å². The smallest absolute Gasteiger partial charge is 0.185 e. The van der Waals surface area contributed by atoms with Gasteiger partial charge in [-0.15, -0.1) is 15.3 Å². The molecule has 2 aromatic rings. The highest BCUT2D eigenvalue weighted by Gasteiger charge is 2.27. The van der Waals surface area contributed by atoms with Gasteiger partial charge in [0.15, 0.2) is 5.82 Å². The van der Waals surface area contributed by atoms with Gasteiger partial charge in [-0.3, -0.25) is 0 Å². The van der Waals surface area contributed by atoms with Crippen LogP contribution in [-0.4, -0.2) is 24.4 Å². The van der Waals surface area contributed by atoms with E-state index in [1.165, 1.54) is 24.4 Å². The van der Waals surface area contributed by atoms with E-state index in [1.54, 1.807) is 6.33 Å². The van der Waals surface area contributed by atoms with Crippen molar-refractivity contribution in [2.24, 2.45) is 0 Å². The predicted octanol–water partition coefficient (Wildman–Crippen LogP) is 1.13. The molecule has 0 spiro atoms. The lowest BCUT2D eigenvalue weighted by Gasteiger charge is -1.99. The number of aromatic nitrogens is 5. The molecule has 0 aromatic carbocycles. The van der Waals surface area contributed by atoms with Gasteiger partial charge in [-0.05, 0) is 24.4 Å². The zero-order chi connectivity index (χ0) is 8.67. The zero-order valence-corrected chi connectivity index (χ0v) is 7.61. The predicted molar refractivity (Wildman–Crippen MR) is 47.2 cm³/mol. The molecule has 1 aliphatic rings. The second-order valence-corrected chi connectivity index (χ2v) is 3.69. The summed E-state index contributed by atoms with van der Waals surface area (Å²) >= 11 is 1.34. The van der Waals surface area contributed by atoms with Gasteiger partial charge < -0.3 is 4.57 Å². The molecule has 1 saturated carbocycles. The van der Waals surface area contributed by atoms with Gasteiger partial charge in [0.1, 0.15) is 12.0 Å². The van der Waals surface area contributed by atoms with Crippen LogP contribution in [0.5, 0.6) is 0 Å². The van der Waals surface area contributed by atoms with Gasteiger partial charge in [0.05, 0.1) is 0 Å². The molecule has 0 atom stereocenters. The molecule has 5 nitrogen and oxygen atoms in total. The molecule has 0 unspecified atom stereocenters. The number of nitrogens with zero attached hydrogens (tertiary/aromatic N) is 5. The molecule has 66 valence electrons. The van der Waals surface area contributed by atoms with Gasteiger partial charge in [-0.25, -0.2) is 0 Å². The molecule has 6 heteroatoms. The largest absolute Gasteiger partial charge is 0.309 e. The van der Waals surface area contributed by atoms with Crippen molar-refractivity contribution in [2.75, 3.05) is 0 Å². The lowest BCUT2D eigenvalue weighted by molar-refractivity contribution is 0.743. The monoisotopic (exact) mass is 193 g/mol. The summed E-state index contributed by atoms with van der Waals surface area (Å²) in [5.74, 6) is 0.844. The summed E-state index contributed by atoms with van der Waals surface area (Å²) in [5.41, 5.74) is 0.828. The Labute approximate surface area is 78.6 Å². The summed E-state index contributed by atoms with van der Waals surface area (Å²) < 4.78 is 5.89. The highest BCUT2D eigenvalue weighted by molar-refractivity contribution is 7.03. The Morgan fingerprint density at radius 3 is 3.00 bits per heavy atom. The van der Waals surface area contributed by atoms with Crippen LogP contribution in [0.15, 0.2) is 11.7 Å². The molecular formula is C7H7N5S. The van der Waals surface area contributed by atoms with Crippen molar-refractivity contribution in [1.82, 2.24) is 24.4 Å². The Morgan fingerprint density at radius 1 is 1.38 bits per heavy atom. The lowest BCUT2D eigenvalue weighted by atomic mass is 10.4. The SMILES string of the molecule is c1snnc1-c1nncn1C1CC1. The quantitative estimate of drug-likeness (QED) is 0.717. The molecule has 0 radical (unpaired) electrons. The first-order valence-corrected chi connectivity index (χ1v) is 4.96. The molecule has 0 aliphatic heterocycles. The minimum absolute atomic E-state index is 0.590. The van der Waals surface area contributed by atoms with Crippen LogP contribution in [0, 0.1) is 0 Å². The first kappa shape index (κ1) is 7.14. The van der Waals surface area contributed by atoms with Crippen molar-refractivity contribution in [3.63, 3.8) is 0 Å². The van der Waals surface area contributed by atoms with Gasteiger partial charge in [-0.2, -0.15) is 0 Å². The molecule has 0 bridgehead atoms. The van der Waals surface area contributed by atoms with E-state index in [0.717, 1.165) is 11.5 Å². The van der Waals surface area contributed by atoms with E-state index >= 15 is 0 Å². The average Bonchev–Trinajstić information content (AvgIpc) is 2.72. The molecule has 2 aromatic heterocycles. The fraction of sp³-hybridized carbons (Fsp3) is 0.429. The van der Waals surface area contributed by atoms with Crippen LogP contribution in [0.1, 0.15) is 18.9 Å². The van der Waals surface area contributed by atoms with Gasteiger partial charge in [0.25, 0.3) is 0 Å². The number of rotatable bonds is 2. The normalized spacial score (nSPS) is 16.3. The van der Waals surface area contributed by atoms with Gasteiger partial charge >= 0.3 is 0 Å². The number of hydrogen-bond acceptors (Lipinski definition) is 5. The standard InChI is InChI=1S/C7H7N5S/c1-2-5(1)12-4-8-10-7(12)6-3-13-11-9-6/h3-5H,1-2H2. The highest BCUT2D eigenvalue weighted by Crippen LogP contribution is 2.37. The Hall–Kier alpha value is -1.30. The fourth-order valence-corrected chi connectivity index (χ4v) is 1.74. The molecule has 0 amide bonds. The zero-order valence-electron chi connectivity index (χ0n) is 6.79. The minimum atomic E-state index is 0.590. The fourth-order valence-electron chi connectivity index (χ4n) is 1.31. The van der Waals surface area contributed by atoms with Crippen LogP contribution in [0.3, 0.4) is 0 Å². The Morgan fingerprint density at radius 2 is 2.31 bits per heavy atom. The maximum atomic E-state index is 4.04. The molecule has 0 N–H and O–H groups in total. The highest BCUT2D eigenvalue weighted by atomic mass is 32.1. The molecule has 0 saturated heterocycles. The molecule has 13 heavy (non-hydrogen) atoms. The number of hydrogen-bond donors (Lipinski definition) is 0. The summed E-state index contributed by atoms with van der Waals surface area (Å²) in [6.45, 7) is 0. The molecular weight excluding hydrogens is 186 g/mol. The maximum absolute atomic E-state index is 4.04. The topological polar surface area (TPSA) is 56.5 Å². The van der Waals surface area contributed by atoms with E-state index in [0.29, 0.717) is 6.04 Å². The first-order chi connectivity index (χ1) is 6.45. The second-order valence-electron chi connectivity index (χ2n) is 3.08. The van der Waals surface area contributed by atoms with Crippen LogP contribution in [0.25, 0.3) is 11.5 Å². The van der Waals surface area contributed by atoms with Crippen LogP contribution >= 0.6 is 11.5 Å². The van der Waals surface area contributed by atoms with E-state index in [1.807, 2.05) is 5.38 Å². The van der Waals surface area contributed by atoms with Crippen LogP contribution in [-0.2, 0) is 0 Å². The maximum Gasteiger partial charge on any atom is 0.185 e. The van der Waals surface area contributed by atoms with Crippen molar-refractivity contribution >= 4 is 11.5 Å². The lowest BCUT2D eigenvalue weighted by Crippen LogP contribution is -1.95. The third-order valence-corrected chi connectivity index (χ3v) is 2.61. The first-order valence-electron chi connectivity index (χ1n) is 4.12. The van der Waals surface area contributed by atoms with E-state index in [2.05, 4.69) is 24.4 Å². The van der Waals surface area contributed by atoms with Gasteiger partial charge in [0.2, 0.25) is 0 Å². The summed E-state index contributed by atoms with van der Waals surface area (Å²) in [6, 6.07) is 0.590. The van der Waals surface area contributed by atoms with Crippen LogP contribution in [0.2, 0.25) is 0 Å². The third-order valence-electron chi connectivity index (χ3n) is 2.10. The van der Waals surface area contributed by atoms with E-state index in [9.17, 15) is 0 Å². The average molecular weight is 193 g/mol. The van der Waals surface area contributed by atoms with Gasteiger partial charge in [-0.1, -0.05) is 4.49 Å². The molecule has 1 aliphatic carbocycles. The summed E-state index contributed by atoms with van der Waals surface area (Å²) in [4.78, 5) is 0. The van der Waals surface area contributed by atoms with E-state index in [4.69, 9.17) is 0 Å². The molecule has 1 fully saturated rings.